The van der Waals surface area contributed by atoms with E-state index < -0.39 is 0 Å². The highest BCUT2D eigenvalue weighted by molar-refractivity contribution is 14.0. The number of fused-ring (bicyclic) bond motifs is 1. The van der Waals surface area contributed by atoms with Crippen LogP contribution < -0.4 is 10.6 Å². The summed E-state index contributed by atoms with van der Waals surface area (Å²) in [5.41, 5.74) is 2.61. The van der Waals surface area contributed by atoms with Crippen LogP contribution in [0.1, 0.15) is 44.7 Å². The van der Waals surface area contributed by atoms with Crippen LogP contribution in [0.15, 0.2) is 29.3 Å². The Morgan fingerprint density at radius 3 is 2.50 bits per heavy atom. The molecule has 0 fully saturated rings. The first kappa shape index (κ1) is 22.7. The van der Waals surface area contributed by atoms with Crippen molar-refractivity contribution in [1.29, 1.82) is 0 Å². The van der Waals surface area contributed by atoms with Crippen molar-refractivity contribution >= 4 is 35.8 Å². The third kappa shape index (κ3) is 6.78. The number of amides is 1. The predicted octanol–water partition coefficient (Wildman–Crippen LogP) is 3.18. The average Bonchev–Trinajstić information content (AvgIpc) is 2.66. The van der Waals surface area contributed by atoms with Crippen LogP contribution in [0.2, 0.25) is 0 Å². The van der Waals surface area contributed by atoms with E-state index in [1.54, 1.807) is 0 Å². The minimum atomic E-state index is 0. The second kappa shape index (κ2) is 12.1. The highest BCUT2D eigenvalue weighted by Crippen LogP contribution is 2.18. The smallest absolute Gasteiger partial charge is 0.244 e. The van der Waals surface area contributed by atoms with Gasteiger partial charge in [-0.1, -0.05) is 51.0 Å². The van der Waals surface area contributed by atoms with Crippen LogP contribution in [0.5, 0.6) is 0 Å². The summed E-state index contributed by atoms with van der Waals surface area (Å²) in [7, 11) is 0. The Bertz CT molecular complexity index is 587. The maximum Gasteiger partial charge on any atom is 0.244 e. The zero-order valence-corrected chi connectivity index (χ0v) is 18.6. The van der Waals surface area contributed by atoms with Crippen molar-refractivity contribution in [3.05, 3.63) is 35.4 Å². The van der Waals surface area contributed by atoms with E-state index in [-0.39, 0.29) is 36.4 Å². The third-order valence-corrected chi connectivity index (χ3v) is 4.91. The highest BCUT2D eigenvalue weighted by Gasteiger charge is 2.20. The van der Waals surface area contributed by atoms with Gasteiger partial charge in [0.05, 0.1) is 0 Å². The SMILES string of the molecule is CCNC(=NCC(=O)N1CCc2ccccc2C1)NCC(CC)CC.I. The van der Waals surface area contributed by atoms with E-state index in [0.717, 1.165) is 44.9 Å². The minimum Gasteiger partial charge on any atom is -0.357 e. The van der Waals surface area contributed by atoms with Crippen LogP contribution in [0.25, 0.3) is 0 Å². The largest absolute Gasteiger partial charge is 0.357 e. The van der Waals surface area contributed by atoms with Crippen molar-refractivity contribution in [3.8, 4) is 0 Å². The second-order valence-electron chi connectivity index (χ2n) is 6.59. The number of benzene rings is 1. The van der Waals surface area contributed by atoms with E-state index >= 15 is 0 Å². The third-order valence-electron chi connectivity index (χ3n) is 4.91. The molecule has 0 aromatic heterocycles. The first-order valence-electron chi connectivity index (χ1n) is 9.54. The summed E-state index contributed by atoms with van der Waals surface area (Å²) >= 11 is 0. The van der Waals surface area contributed by atoms with Gasteiger partial charge in [-0.15, -0.1) is 24.0 Å². The highest BCUT2D eigenvalue weighted by atomic mass is 127. The van der Waals surface area contributed by atoms with Gasteiger partial charge >= 0.3 is 0 Å². The van der Waals surface area contributed by atoms with Gasteiger partial charge in [0.1, 0.15) is 6.54 Å². The summed E-state index contributed by atoms with van der Waals surface area (Å²) in [6, 6.07) is 8.37. The molecule has 0 aliphatic carbocycles. The van der Waals surface area contributed by atoms with Gasteiger partial charge in [-0.2, -0.15) is 0 Å². The molecule has 1 aliphatic rings. The molecule has 0 atom stereocenters. The van der Waals surface area contributed by atoms with Gasteiger partial charge in [-0.3, -0.25) is 4.79 Å². The summed E-state index contributed by atoms with van der Waals surface area (Å²) < 4.78 is 0. The van der Waals surface area contributed by atoms with E-state index in [2.05, 4.69) is 47.7 Å². The van der Waals surface area contributed by atoms with Crippen LogP contribution in [0, 0.1) is 5.92 Å². The molecule has 0 unspecified atom stereocenters. The maximum atomic E-state index is 12.5. The molecule has 1 aromatic rings. The molecule has 1 aromatic carbocycles. The molecule has 0 spiro atoms. The average molecular weight is 472 g/mol. The topological polar surface area (TPSA) is 56.7 Å². The molecule has 146 valence electrons. The number of nitrogens with zero attached hydrogens (tertiary/aromatic N) is 2. The van der Waals surface area contributed by atoms with Crippen molar-refractivity contribution in [2.24, 2.45) is 10.9 Å². The number of halogens is 1. The number of aliphatic imine (C=N–C) groups is 1. The normalized spacial score (nSPS) is 13.8. The quantitative estimate of drug-likeness (QED) is 0.364. The van der Waals surface area contributed by atoms with Gasteiger partial charge in [0, 0.05) is 26.2 Å². The lowest BCUT2D eigenvalue weighted by Crippen LogP contribution is -2.41. The minimum absolute atomic E-state index is 0. The van der Waals surface area contributed by atoms with Gasteiger partial charge in [0.25, 0.3) is 0 Å². The molecule has 6 heteroatoms. The van der Waals surface area contributed by atoms with Gasteiger partial charge in [0.15, 0.2) is 5.96 Å². The van der Waals surface area contributed by atoms with E-state index in [9.17, 15) is 4.79 Å². The number of rotatable bonds is 7. The molecule has 1 heterocycles. The zero-order chi connectivity index (χ0) is 18.1. The molecule has 0 saturated carbocycles. The fourth-order valence-electron chi connectivity index (χ4n) is 3.12. The van der Waals surface area contributed by atoms with Gasteiger partial charge in [-0.05, 0) is 30.4 Å². The Kier molecular flexibility index (Phi) is 10.6. The number of nitrogens with one attached hydrogen (secondary N) is 2. The van der Waals surface area contributed by atoms with Gasteiger partial charge in [-0.25, -0.2) is 4.99 Å². The lowest BCUT2D eigenvalue weighted by Gasteiger charge is -2.28. The van der Waals surface area contributed by atoms with Crippen LogP contribution in [0.3, 0.4) is 0 Å². The van der Waals surface area contributed by atoms with Crippen molar-refractivity contribution in [2.75, 3.05) is 26.2 Å². The maximum absolute atomic E-state index is 12.5. The van der Waals surface area contributed by atoms with E-state index in [0.29, 0.717) is 12.5 Å². The number of carbonyl (C=O) groups is 1. The second-order valence-corrected chi connectivity index (χ2v) is 6.59. The lowest BCUT2D eigenvalue weighted by atomic mass is 10.00. The van der Waals surface area contributed by atoms with Crippen molar-refractivity contribution < 1.29 is 4.79 Å². The molecule has 2 N–H and O–H groups in total. The molecular formula is C20H33IN4O. The molecule has 2 rings (SSSR count). The Labute approximate surface area is 175 Å². The zero-order valence-electron chi connectivity index (χ0n) is 16.3. The summed E-state index contributed by atoms with van der Waals surface area (Å²) in [6.07, 6.45) is 3.22. The lowest BCUT2D eigenvalue weighted by molar-refractivity contribution is -0.130. The number of hydrogen-bond acceptors (Lipinski definition) is 2. The van der Waals surface area contributed by atoms with Crippen molar-refractivity contribution in [1.82, 2.24) is 15.5 Å². The predicted molar refractivity (Wildman–Crippen MR) is 119 cm³/mol. The molecule has 0 saturated heterocycles. The first-order chi connectivity index (χ1) is 12.2. The van der Waals surface area contributed by atoms with Crippen LogP contribution in [0.4, 0.5) is 0 Å². The molecule has 0 radical (unpaired) electrons. The fraction of sp³-hybridized carbons (Fsp3) is 0.600. The van der Waals surface area contributed by atoms with Gasteiger partial charge < -0.3 is 15.5 Å². The van der Waals surface area contributed by atoms with Crippen LogP contribution >= 0.6 is 24.0 Å². The molecule has 5 nitrogen and oxygen atoms in total. The summed E-state index contributed by atoms with van der Waals surface area (Å²) in [5.74, 6) is 1.47. The summed E-state index contributed by atoms with van der Waals surface area (Å²) in [4.78, 5) is 18.9. The van der Waals surface area contributed by atoms with E-state index in [4.69, 9.17) is 0 Å². The Balaban J connectivity index is 0.00000338. The number of hydrogen-bond donors (Lipinski definition) is 2. The standard InChI is InChI=1S/C20H32N4O.HI/c1-4-16(5-2)13-22-20(21-6-3)23-14-19(25)24-12-11-17-9-7-8-10-18(17)15-24;/h7-10,16H,4-6,11-15H2,1-3H3,(H2,21,22,23);1H. The van der Waals surface area contributed by atoms with Crippen molar-refractivity contribution in [3.63, 3.8) is 0 Å². The first-order valence-corrected chi connectivity index (χ1v) is 9.54. The number of carbonyl (C=O) groups excluding carboxylic acids is 1. The molecule has 0 bridgehead atoms. The van der Waals surface area contributed by atoms with Gasteiger partial charge in [0.2, 0.25) is 5.91 Å². The Hall–Kier alpha value is -1.31. The van der Waals surface area contributed by atoms with E-state index in [1.165, 1.54) is 11.1 Å². The van der Waals surface area contributed by atoms with Crippen LogP contribution in [-0.2, 0) is 17.8 Å². The van der Waals surface area contributed by atoms with Crippen molar-refractivity contribution in [2.45, 2.75) is 46.6 Å². The Morgan fingerprint density at radius 1 is 1.15 bits per heavy atom. The number of guanidine groups is 1. The summed E-state index contributed by atoms with van der Waals surface area (Å²) in [6.45, 7) is 9.81. The molecule has 26 heavy (non-hydrogen) atoms. The van der Waals surface area contributed by atoms with E-state index in [1.807, 2.05) is 17.9 Å². The molecule has 1 amide bonds. The van der Waals surface area contributed by atoms with Crippen LogP contribution in [-0.4, -0.2) is 42.9 Å². The molecular weight excluding hydrogens is 439 g/mol. The fourth-order valence-corrected chi connectivity index (χ4v) is 3.12. The molecule has 1 aliphatic heterocycles. The monoisotopic (exact) mass is 472 g/mol. The summed E-state index contributed by atoms with van der Waals surface area (Å²) in [5, 5.41) is 6.59. The Morgan fingerprint density at radius 2 is 1.85 bits per heavy atom.